The Balaban J connectivity index is 1.63. The summed E-state index contributed by atoms with van der Waals surface area (Å²) in [6.45, 7) is 2.11. The number of imidazole rings is 1. The fourth-order valence-electron chi connectivity index (χ4n) is 3.21. The Kier molecular flexibility index (Phi) is 5.21. The van der Waals surface area contributed by atoms with E-state index in [1.54, 1.807) is 18.2 Å². The highest BCUT2D eigenvalue weighted by Crippen LogP contribution is 2.34. The zero-order valence-corrected chi connectivity index (χ0v) is 16.8. The molecule has 1 heterocycles. The lowest BCUT2D eigenvalue weighted by Crippen LogP contribution is -2.03. The number of hydrogen-bond acceptors (Lipinski definition) is 2. The maximum Gasteiger partial charge on any atom is 0.167 e. The van der Waals surface area contributed by atoms with Gasteiger partial charge in [-0.3, -0.25) is 4.79 Å². The Bertz CT molecular complexity index is 1140. The van der Waals surface area contributed by atoms with Crippen LogP contribution in [0, 0.1) is 0 Å². The minimum atomic E-state index is 0.0677. The molecule has 5 heteroatoms. The average molecular weight is 409 g/mol. The van der Waals surface area contributed by atoms with Gasteiger partial charge >= 0.3 is 0 Å². The number of carbonyl (C=O) groups is 1. The number of hydrogen-bond donors (Lipinski definition) is 1. The van der Waals surface area contributed by atoms with E-state index >= 15 is 0 Å². The van der Waals surface area contributed by atoms with Crippen molar-refractivity contribution in [2.45, 2.75) is 19.8 Å². The number of aromatic nitrogens is 2. The first-order chi connectivity index (χ1) is 13.5. The van der Waals surface area contributed by atoms with Crippen molar-refractivity contribution in [1.29, 1.82) is 0 Å². The molecule has 0 aliphatic heterocycles. The molecule has 0 atom stereocenters. The van der Waals surface area contributed by atoms with E-state index in [1.165, 1.54) is 5.56 Å². The number of aromatic amines is 1. The van der Waals surface area contributed by atoms with Crippen LogP contribution in [0.15, 0.2) is 60.7 Å². The van der Waals surface area contributed by atoms with Gasteiger partial charge in [0.1, 0.15) is 5.82 Å². The number of halogens is 2. The number of carbonyl (C=O) groups excluding carboxylic acids is 1. The second-order valence-electron chi connectivity index (χ2n) is 6.68. The van der Waals surface area contributed by atoms with Crippen molar-refractivity contribution in [3.8, 4) is 11.4 Å². The minimum absolute atomic E-state index is 0.0677. The molecule has 0 aliphatic rings. The van der Waals surface area contributed by atoms with Gasteiger partial charge in [-0.1, -0.05) is 60.5 Å². The zero-order valence-electron chi connectivity index (χ0n) is 15.3. The quantitative estimate of drug-likeness (QED) is 0.381. The molecule has 0 amide bonds. The first kappa shape index (κ1) is 18.7. The normalized spacial score (nSPS) is 11.1. The van der Waals surface area contributed by atoms with Crippen LogP contribution in [0.3, 0.4) is 0 Å². The Morgan fingerprint density at radius 2 is 1.64 bits per heavy atom. The number of benzene rings is 3. The van der Waals surface area contributed by atoms with Crippen LogP contribution in [0.5, 0.6) is 0 Å². The van der Waals surface area contributed by atoms with Crippen LogP contribution in [0.2, 0.25) is 10.0 Å². The molecule has 3 aromatic carbocycles. The minimum Gasteiger partial charge on any atom is -0.338 e. The van der Waals surface area contributed by atoms with E-state index in [0.29, 0.717) is 33.4 Å². The number of ketones is 1. The summed E-state index contributed by atoms with van der Waals surface area (Å²) in [6.07, 6.45) is 1.36. The van der Waals surface area contributed by atoms with Gasteiger partial charge in [0.2, 0.25) is 0 Å². The van der Waals surface area contributed by atoms with Crippen LogP contribution in [0.4, 0.5) is 0 Å². The van der Waals surface area contributed by atoms with Crippen LogP contribution < -0.4 is 0 Å². The smallest absolute Gasteiger partial charge is 0.167 e. The summed E-state index contributed by atoms with van der Waals surface area (Å²) in [5, 5.41) is 1.05. The van der Waals surface area contributed by atoms with Gasteiger partial charge in [-0.05, 0) is 47.9 Å². The molecule has 28 heavy (non-hydrogen) atoms. The molecule has 0 spiro atoms. The zero-order chi connectivity index (χ0) is 19.7. The second-order valence-corrected chi connectivity index (χ2v) is 7.50. The van der Waals surface area contributed by atoms with Gasteiger partial charge in [0.25, 0.3) is 0 Å². The second kappa shape index (κ2) is 7.78. The molecular weight excluding hydrogens is 391 g/mol. The monoisotopic (exact) mass is 408 g/mol. The summed E-state index contributed by atoms with van der Waals surface area (Å²) in [6, 6.07) is 19.0. The van der Waals surface area contributed by atoms with Gasteiger partial charge in [-0.2, -0.15) is 0 Å². The number of nitrogens with one attached hydrogen (secondary N) is 1. The summed E-state index contributed by atoms with van der Waals surface area (Å²) in [4.78, 5) is 20.5. The maximum atomic E-state index is 12.7. The van der Waals surface area contributed by atoms with Gasteiger partial charge in [0.15, 0.2) is 5.78 Å². The average Bonchev–Trinajstić information content (AvgIpc) is 3.11. The van der Waals surface area contributed by atoms with E-state index in [9.17, 15) is 4.79 Å². The third-order valence-corrected chi connectivity index (χ3v) is 5.43. The van der Waals surface area contributed by atoms with Crippen LogP contribution in [0.25, 0.3) is 22.4 Å². The molecule has 0 fully saturated rings. The fourth-order valence-corrected chi connectivity index (χ4v) is 3.78. The van der Waals surface area contributed by atoms with Crippen molar-refractivity contribution in [3.05, 3.63) is 87.4 Å². The molecule has 0 radical (unpaired) electrons. The summed E-state index contributed by atoms with van der Waals surface area (Å²) >= 11 is 12.6. The molecule has 140 valence electrons. The maximum absolute atomic E-state index is 12.7. The van der Waals surface area contributed by atoms with E-state index < -0.39 is 0 Å². The van der Waals surface area contributed by atoms with Crippen molar-refractivity contribution in [1.82, 2.24) is 9.97 Å². The molecule has 0 bridgehead atoms. The third-order valence-electron chi connectivity index (χ3n) is 4.80. The van der Waals surface area contributed by atoms with Gasteiger partial charge in [-0.15, -0.1) is 0 Å². The van der Waals surface area contributed by atoms with Crippen LogP contribution >= 0.6 is 23.2 Å². The number of aryl methyl sites for hydroxylation is 1. The van der Waals surface area contributed by atoms with Crippen molar-refractivity contribution in [2.75, 3.05) is 0 Å². The summed E-state index contributed by atoms with van der Waals surface area (Å²) in [7, 11) is 0. The number of nitrogens with zero attached hydrogens (tertiary/aromatic N) is 1. The Morgan fingerprint density at radius 3 is 2.32 bits per heavy atom. The van der Waals surface area contributed by atoms with Crippen molar-refractivity contribution in [2.24, 2.45) is 0 Å². The highest BCUT2D eigenvalue weighted by atomic mass is 35.5. The van der Waals surface area contributed by atoms with E-state index in [4.69, 9.17) is 23.2 Å². The van der Waals surface area contributed by atoms with E-state index in [1.807, 2.05) is 30.3 Å². The predicted molar refractivity (Wildman–Crippen MR) is 115 cm³/mol. The number of rotatable bonds is 5. The van der Waals surface area contributed by atoms with Crippen molar-refractivity contribution in [3.63, 3.8) is 0 Å². The first-order valence-corrected chi connectivity index (χ1v) is 9.86. The molecule has 4 aromatic rings. The molecule has 0 aliphatic carbocycles. The predicted octanol–water partition coefficient (Wildman–Crippen LogP) is 6.52. The van der Waals surface area contributed by atoms with Gasteiger partial charge in [-0.25, -0.2) is 4.98 Å². The van der Waals surface area contributed by atoms with Gasteiger partial charge in [0.05, 0.1) is 26.6 Å². The standard InChI is InChI=1S/C23H18Cl2N2O/c1-2-14-6-8-15(9-7-14)12-21(28)16-10-11-19-20(13-16)27-23(26-19)22-17(24)4-3-5-18(22)25/h3-11,13H,2,12H2,1H3,(H,26,27). The van der Waals surface area contributed by atoms with Crippen LogP contribution in [0.1, 0.15) is 28.4 Å². The van der Waals surface area contributed by atoms with E-state index in [0.717, 1.165) is 23.0 Å². The lowest BCUT2D eigenvalue weighted by Gasteiger charge is -2.03. The SMILES string of the molecule is CCc1ccc(CC(=O)c2ccc3nc(-c4c(Cl)cccc4Cl)[nH]c3c2)cc1. The molecular formula is C23H18Cl2N2O. The molecule has 1 aromatic heterocycles. The summed E-state index contributed by atoms with van der Waals surface area (Å²) in [5.41, 5.74) is 5.11. The molecule has 0 saturated heterocycles. The lowest BCUT2D eigenvalue weighted by molar-refractivity contribution is 0.0993. The van der Waals surface area contributed by atoms with Crippen LogP contribution in [-0.2, 0) is 12.8 Å². The number of H-pyrrole nitrogens is 1. The van der Waals surface area contributed by atoms with Gasteiger partial charge in [0, 0.05) is 12.0 Å². The summed E-state index contributed by atoms with van der Waals surface area (Å²) < 4.78 is 0. The molecule has 3 nitrogen and oxygen atoms in total. The third kappa shape index (κ3) is 3.68. The fraction of sp³-hybridized carbons (Fsp3) is 0.130. The molecule has 4 rings (SSSR count). The molecule has 1 N–H and O–H groups in total. The number of fused-ring (bicyclic) bond motifs is 1. The highest BCUT2D eigenvalue weighted by Gasteiger charge is 2.14. The van der Waals surface area contributed by atoms with Crippen molar-refractivity contribution < 1.29 is 4.79 Å². The van der Waals surface area contributed by atoms with Crippen LogP contribution in [-0.4, -0.2) is 15.8 Å². The topological polar surface area (TPSA) is 45.8 Å². The van der Waals surface area contributed by atoms with Gasteiger partial charge < -0.3 is 4.98 Å². The highest BCUT2D eigenvalue weighted by molar-refractivity contribution is 6.39. The molecule has 0 unspecified atom stereocenters. The summed E-state index contributed by atoms with van der Waals surface area (Å²) in [5.74, 6) is 0.656. The first-order valence-electron chi connectivity index (χ1n) is 9.10. The lowest BCUT2D eigenvalue weighted by atomic mass is 10.0. The largest absolute Gasteiger partial charge is 0.338 e. The van der Waals surface area contributed by atoms with E-state index in [2.05, 4.69) is 29.0 Å². The number of Topliss-reactive ketones (excluding diaryl/α,β-unsaturated/α-hetero) is 1. The molecule has 0 saturated carbocycles. The van der Waals surface area contributed by atoms with Crippen molar-refractivity contribution >= 4 is 40.0 Å². The van der Waals surface area contributed by atoms with E-state index in [-0.39, 0.29) is 5.78 Å². The Labute approximate surface area is 173 Å². The Hall–Kier alpha value is -2.62. The Morgan fingerprint density at radius 1 is 0.964 bits per heavy atom.